The second-order valence-electron chi connectivity index (χ2n) is 5.35. The summed E-state index contributed by atoms with van der Waals surface area (Å²) in [6.45, 7) is 4.09. The lowest BCUT2D eigenvalue weighted by Gasteiger charge is -2.34. The Kier molecular flexibility index (Phi) is 5.37. The molecule has 0 unspecified atom stereocenters. The monoisotopic (exact) mass is 285 g/mol. The van der Waals surface area contributed by atoms with Gasteiger partial charge in [-0.2, -0.15) is 0 Å². The quantitative estimate of drug-likeness (QED) is 0.752. The summed E-state index contributed by atoms with van der Waals surface area (Å²) in [4.78, 5) is 25.0. The van der Waals surface area contributed by atoms with Crippen LogP contribution in [0.5, 0.6) is 0 Å². The van der Waals surface area contributed by atoms with E-state index < -0.39 is 5.97 Å². The number of rotatable bonds is 7. The number of carboxylic acids is 1. The Hall–Kier alpha value is -1.14. The summed E-state index contributed by atoms with van der Waals surface area (Å²) in [5.41, 5.74) is 0. The highest BCUT2D eigenvalue weighted by atomic mass is 16.5. The van der Waals surface area contributed by atoms with Crippen LogP contribution in [-0.2, 0) is 19.1 Å². The van der Waals surface area contributed by atoms with Gasteiger partial charge in [-0.25, -0.2) is 0 Å². The van der Waals surface area contributed by atoms with Gasteiger partial charge in [0.2, 0.25) is 5.91 Å². The number of carboxylic acid groups (broad SMARTS) is 1. The molecule has 1 N–H and O–H groups in total. The molecule has 1 heterocycles. The molecule has 1 aliphatic heterocycles. The third kappa shape index (κ3) is 3.93. The molecule has 1 amide bonds. The fraction of sp³-hybridized carbons (Fsp3) is 0.857. The van der Waals surface area contributed by atoms with Crippen LogP contribution in [0.25, 0.3) is 0 Å². The molecule has 0 aromatic heterocycles. The van der Waals surface area contributed by atoms with Gasteiger partial charge in [-0.1, -0.05) is 0 Å². The maximum Gasteiger partial charge on any atom is 0.305 e. The van der Waals surface area contributed by atoms with Gasteiger partial charge in [0.15, 0.2) is 0 Å². The van der Waals surface area contributed by atoms with Crippen LogP contribution in [0, 0.1) is 5.92 Å². The predicted octanol–water partition coefficient (Wildman–Crippen LogP) is 0.894. The highest BCUT2D eigenvalue weighted by molar-refractivity contribution is 5.83. The Labute approximate surface area is 119 Å². The first kappa shape index (κ1) is 15.3. The molecule has 1 saturated heterocycles. The van der Waals surface area contributed by atoms with E-state index in [0.717, 1.165) is 19.3 Å². The number of ether oxygens (including phenoxy) is 2. The molecule has 0 spiro atoms. The zero-order valence-electron chi connectivity index (χ0n) is 11.9. The van der Waals surface area contributed by atoms with Crippen molar-refractivity contribution in [3.8, 4) is 0 Å². The van der Waals surface area contributed by atoms with Gasteiger partial charge in [-0.05, 0) is 26.2 Å². The molecule has 6 nitrogen and oxygen atoms in total. The van der Waals surface area contributed by atoms with Gasteiger partial charge in [0, 0.05) is 32.4 Å². The summed E-state index contributed by atoms with van der Waals surface area (Å²) in [5, 5.41) is 8.85. The van der Waals surface area contributed by atoms with Crippen LogP contribution in [0.4, 0.5) is 0 Å². The predicted molar refractivity (Wildman–Crippen MR) is 71.3 cm³/mol. The summed E-state index contributed by atoms with van der Waals surface area (Å²) >= 11 is 0. The number of carbonyl (C=O) groups is 2. The van der Waals surface area contributed by atoms with Gasteiger partial charge in [0.05, 0.1) is 18.4 Å². The third-order valence-corrected chi connectivity index (χ3v) is 3.91. The van der Waals surface area contributed by atoms with E-state index in [0.29, 0.717) is 19.8 Å². The second kappa shape index (κ2) is 7.04. The van der Waals surface area contributed by atoms with Crippen molar-refractivity contribution in [2.75, 3.05) is 26.4 Å². The molecular weight excluding hydrogens is 262 g/mol. The van der Waals surface area contributed by atoms with E-state index in [2.05, 4.69) is 0 Å². The zero-order chi connectivity index (χ0) is 14.5. The number of hydrogen-bond donors (Lipinski definition) is 1. The largest absolute Gasteiger partial charge is 0.481 e. The molecule has 1 aliphatic carbocycles. The first-order valence-corrected chi connectivity index (χ1v) is 7.35. The van der Waals surface area contributed by atoms with Crippen LogP contribution in [0.1, 0.15) is 32.6 Å². The molecule has 2 aliphatic rings. The maximum atomic E-state index is 12.5. The molecule has 114 valence electrons. The number of carbonyl (C=O) groups excluding carboxylic acids is 1. The van der Waals surface area contributed by atoms with E-state index >= 15 is 0 Å². The van der Waals surface area contributed by atoms with Crippen molar-refractivity contribution in [2.45, 2.75) is 44.8 Å². The molecule has 2 rings (SSSR count). The molecule has 2 atom stereocenters. The molecule has 0 bridgehead atoms. The second-order valence-corrected chi connectivity index (χ2v) is 5.35. The first-order chi connectivity index (χ1) is 9.63. The van der Waals surface area contributed by atoms with Gasteiger partial charge < -0.3 is 19.5 Å². The summed E-state index contributed by atoms with van der Waals surface area (Å²) in [5.74, 6) is -0.893. The van der Waals surface area contributed by atoms with Crippen LogP contribution >= 0.6 is 0 Å². The number of amides is 1. The molecule has 6 heteroatoms. The zero-order valence-corrected chi connectivity index (χ0v) is 11.9. The van der Waals surface area contributed by atoms with Gasteiger partial charge in [-0.3, -0.25) is 9.59 Å². The average molecular weight is 285 g/mol. The SMILES string of the molecule is CCO[C@@H]1C[C@H]1C(=O)N(CCC(=O)O)C1CCOCC1. The van der Waals surface area contributed by atoms with Crippen molar-refractivity contribution < 1.29 is 24.2 Å². The average Bonchev–Trinajstić information content (AvgIpc) is 3.19. The highest BCUT2D eigenvalue weighted by Gasteiger charge is 2.47. The summed E-state index contributed by atoms with van der Waals surface area (Å²) in [6.07, 6.45) is 2.36. The molecule has 2 fully saturated rings. The summed E-state index contributed by atoms with van der Waals surface area (Å²) in [6, 6.07) is 0.110. The smallest absolute Gasteiger partial charge is 0.305 e. The molecular formula is C14H23NO5. The summed E-state index contributed by atoms with van der Waals surface area (Å²) in [7, 11) is 0. The molecule has 0 aromatic rings. The van der Waals surface area contributed by atoms with Crippen LogP contribution in [0.15, 0.2) is 0 Å². The van der Waals surface area contributed by atoms with Crippen molar-refractivity contribution in [3.05, 3.63) is 0 Å². The van der Waals surface area contributed by atoms with Crippen molar-refractivity contribution in [3.63, 3.8) is 0 Å². The van der Waals surface area contributed by atoms with E-state index in [1.807, 2.05) is 6.92 Å². The van der Waals surface area contributed by atoms with Gasteiger partial charge in [0.1, 0.15) is 0 Å². The Balaban J connectivity index is 1.94. The molecule has 0 radical (unpaired) electrons. The normalized spacial score (nSPS) is 26.2. The molecule has 0 aromatic carbocycles. The fourth-order valence-corrected chi connectivity index (χ4v) is 2.73. The highest BCUT2D eigenvalue weighted by Crippen LogP contribution is 2.36. The van der Waals surface area contributed by atoms with Crippen molar-refractivity contribution in [1.29, 1.82) is 0 Å². The van der Waals surface area contributed by atoms with Crippen molar-refractivity contribution in [2.24, 2.45) is 5.92 Å². The van der Waals surface area contributed by atoms with E-state index in [1.165, 1.54) is 0 Å². The lowest BCUT2D eigenvalue weighted by Crippen LogP contribution is -2.45. The minimum atomic E-state index is -0.869. The van der Waals surface area contributed by atoms with Crippen LogP contribution in [0.3, 0.4) is 0 Å². The standard InChI is InChI=1S/C14H23NO5/c1-2-20-12-9-11(12)14(18)15(6-3-13(16)17)10-4-7-19-8-5-10/h10-12H,2-9H2,1H3,(H,16,17)/t11-,12-/m1/s1. The van der Waals surface area contributed by atoms with E-state index in [1.54, 1.807) is 4.90 Å². The van der Waals surface area contributed by atoms with Gasteiger partial charge in [0.25, 0.3) is 0 Å². The number of nitrogens with zero attached hydrogens (tertiary/aromatic N) is 1. The van der Waals surface area contributed by atoms with E-state index in [9.17, 15) is 9.59 Å². The minimum absolute atomic E-state index is 0.00484. The van der Waals surface area contributed by atoms with E-state index in [4.69, 9.17) is 14.6 Å². The first-order valence-electron chi connectivity index (χ1n) is 7.35. The topological polar surface area (TPSA) is 76.1 Å². The lowest BCUT2D eigenvalue weighted by atomic mass is 10.1. The lowest BCUT2D eigenvalue weighted by molar-refractivity contribution is -0.141. The summed E-state index contributed by atoms with van der Waals surface area (Å²) < 4.78 is 10.8. The molecule has 20 heavy (non-hydrogen) atoms. The van der Waals surface area contributed by atoms with Gasteiger partial charge >= 0.3 is 5.97 Å². The Morgan fingerprint density at radius 3 is 2.65 bits per heavy atom. The third-order valence-electron chi connectivity index (χ3n) is 3.91. The van der Waals surface area contributed by atoms with Crippen molar-refractivity contribution >= 4 is 11.9 Å². The van der Waals surface area contributed by atoms with Crippen LogP contribution in [-0.4, -0.2) is 60.4 Å². The Morgan fingerprint density at radius 2 is 2.05 bits per heavy atom. The fourth-order valence-electron chi connectivity index (χ4n) is 2.73. The maximum absolute atomic E-state index is 12.5. The Morgan fingerprint density at radius 1 is 1.35 bits per heavy atom. The minimum Gasteiger partial charge on any atom is -0.481 e. The van der Waals surface area contributed by atoms with Gasteiger partial charge in [-0.15, -0.1) is 0 Å². The number of aliphatic carboxylic acids is 1. The van der Waals surface area contributed by atoms with Crippen molar-refractivity contribution in [1.82, 2.24) is 4.90 Å². The Bertz CT molecular complexity index is 353. The molecule has 1 saturated carbocycles. The number of hydrogen-bond acceptors (Lipinski definition) is 4. The van der Waals surface area contributed by atoms with Crippen LogP contribution < -0.4 is 0 Å². The van der Waals surface area contributed by atoms with E-state index in [-0.39, 0.29) is 36.9 Å². The van der Waals surface area contributed by atoms with Crippen LogP contribution in [0.2, 0.25) is 0 Å².